The van der Waals surface area contributed by atoms with E-state index < -0.39 is 6.49 Å². The highest BCUT2D eigenvalue weighted by Gasteiger charge is 2.37. The lowest BCUT2D eigenvalue weighted by molar-refractivity contribution is 0.249. The highest BCUT2D eigenvalue weighted by Crippen LogP contribution is 2.63. The Morgan fingerprint density at radius 2 is 2.27 bits per heavy atom. The highest BCUT2D eigenvalue weighted by atomic mass is 32.7. The molecule has 1 amide bonds. The molecule has 1 atom stereocenters. The van der Waals surface area contributed by atoms with Gasteiger partial charge in [-0.25, -0.2) is 0 Å². The average molecular weight is 267 g/mol. The molecule has 0 aromatic carbocycles. The van der Waals surface area contributed by atoms with Gasteiger partial charge in [0.1, 0.15) is 0 Å². The van der Waals surface area contributed by atoms with Gasteiger partial charge in [0.05, 0.1) is 0 Å². The number of carbonyl (C=O) groups excluding carboxylic acids is 1. The normalized spacial score (nSPS) is 20.7. The minimum atomic E-state index is -2.46. The van der Waals surface area contributed by atoms with Crippen LogP contribution in [0.25, 0.3) is 0 Å². The molecule has 0 spiro atoms. The number of carbonyl (C=O) groups is 1. The molecule has 0 aromatic heterocycles. The summed E-state index contributed by atoms with van der Waals surface area (Å²) < 4.78 is 14.3. The number of amides is 1. The first-order valence-corrected chi connectivity index (χ1v) is 9.74. The number of rotatable bonds is 6. The maximum absolute atomic E-state index is 12.6. The molecule has 1 heterocycles. The predicted molar refractivity (Wildman–Crippen MR) is 70.1 cm³/mol. The summed E-state index contributed by atoms with van der Waals surface area (Å²) in [6.45, 7) is 2.29. The molecule has 0 bridgehead atoms. The van der Waals surface area contributed by atoms with Crippen LogP contribution in [0.2, 0.25) is 0 Å². The summed E-state index contributed by atoms with van der Waals surface area (Å²) in [6.07, 6.45) is 2.65. The SMILES string of the molecule is CCCCP(=O)(SCC)N1CCSC1=O. The van der Waals surface area contributed by atoms with Crippen LogP contribution >= 0.6 is 29.6 Å². The van der Waals surface area contributed by atoms with Crippen LogP contribution < -0.4 is 0 Å². The largest absolute Gasteiger partial charge is 0.288 e. The zero-order valence-electron chi connectivity index (χ0n) is 9.27. The molecule has 0 aromatic rings. The number of nitrogens with zero attached hydrogens (tertiary/aromatic N) is 1. The van der Waals surface area contributed by atoms with Crippen LogP contribution in [0.1, 0.15) is 26.7 Å². The van der Waals surface area contributed by atoms with Gasteiger partial charge in [0.2, 0.25) is 6.49 Å². The average Bonchev–Trinajstić information content (AvgIpc) is 2.62. The van der Waals surface area contributed by atoms with Crippen molar-refractivity contribution in [2.75, 3.05) is 24.2 Å². The third-order valence-corrected chi connectivity index (χ3v) is 9.01. The maximum atomic E-state index is 12.6. The number of hydrogen-bond acceptors (Lipinski definition) is 4. The summed E-state index contributed by atoms with van der Waals surface area (Å²) in [5, 5.41) is 0.00962. The zero-order valence-corrected chi connectivity index (χ0v) is 11.8. The van der Waals surface area contributed by atoms with Crippen LogP contribution in [0.3, 0.4) is 0 Å². The Morgan fingerprint density at radius 1 is 1.53 bits per heavy atom. The number of hydrogen-bond donors (Lipinski definition) is 0. The van der Waals surface area contributed by atoms with Crippen molar-refractivity contribution in [3.05, 3.63) is 0 Å². The molecule has 0 saturated carbocycles. The monoisotopic (exact) mass is 267 g/mol. The molecule has 1 unspecified atom stereocenters. The molecule has 1 rings (SSSR count). The Hall–Kier alpha value is 0.400. The van der Waals surface area contributed by atoms with E-state index in [-0.39, 0.29) is 5.24 Å². The molecule has 15 heavy (non-hydrogen) atoms. The van der Waals surface area contributed by atoms with Crippen LogP contribution in [0.15, 0.2) is 0 Å². The second-order valence-electron chi connectivity index (χ2n) is 3.37. The lowest BCUT2D eigenvalue weighted by atomic mass is 10.4. The summed E-state index contributed by atoms with van der Waals surface area (Å²) in [5.41, 5.74) is 0. The van der Waals surface area contributed by atoms with Gasteiger partial charge in [-0.05, 0) is 12.2 Å². The fourth-order valence-electron chi connectivity index (χ4n) is 1.48. The molecule has 1 saturated heterocycles. The van der Waals surface area contributed by atoms with Gasteiger partial charge in [0.25, 0.3) is 5.24 Å². The third-order valence-electron chi connectivity index (χ3n) is 2.23. The van der Waals surface area contributed by atoms with Crippen molar-refractivity contribution < 1.29 is 9.36 Å². The van der Waals surface area contributed by atoms with E-state index in [0.717, 1.165) is 24.3 Å². The number of unbranched alkanes of at least 4 members (excludes halogenated alkanes) is 1. The Morgan fingerprint density at radius 3 is 2.73 bits per heavy atom. The molecule has 88 valence electrons. The molecule has 1 fully saturated rings. The predicted octanol–water partition coefficient (Wildman–Crippen LogP) is 3.90. The van der Waals surface area contributed by atoms with E-state index in [1.54, 1.807) is 4.67 Å². The van der Waals surface area contributed by atoms with Crippen molar-refractivity contribution in [1.82, 2.24) is 4.67 Å². The molecule has 6 heteroatoms. The smallest absolute Gasteiger partial charge is 0.287 e. The minimum Gasteiger partial charge on any atom is -0.288 e. The lowest BCUT2D eigenvalue weighted by Crippen LogP contribution is -2.20. The quantitative estimate of drug-likeness (QED) is 0.684. The molecule has 1 aliphatic rings. The fraction of sp³-hybridized carbons (Fsp3) is 0.889. The van der Waals surface area contributed by atoms with Crippen molar-refractivity contribution in [3.8, 4) is 0 Å². The van der Waals surface area contributed by atoms with Gasteiger partial charge in [-0.2, -0.15) is 0 Å². The summed E-state index contributed by atoms with van der Waals surface area (Å²) in [6, 6.07) is 0. The summed E-state index contributed by atoms with van der Waals surface area (Å²) in [4.78, 5) is 11.6. The van der Waals surface area contributed by atoms with E-state index in [1.165, 1.54) is 23.1 Å². The second-order valence-corrected chi connectivity index (χ2v) is 9.94. The van der Waals surface area contributed by atoms with Crippen molar-refractivity contribution in [1.29, 1.82) is 0 Å². The lowest BCUT2D eigenvalue weighted by Gasteiger charge is -2.26. The Labute approximate surface area is 99.9 Å². The highest BCUT2D eigenvalue weighted by molar-refractivity contribution is 8.57. The topological polar surface area (TPSA) is 37.4 Å². The minimum absolute atomic E-state index is 0.00962. The van der Waals surface area contributed by atoms with E-state index in [4.69, 9.17) is 0 Å². The van der Waals surface area contributed by atoms with Gasteiger partial charge in [-0.3, -0.25) is 14.0 Å². The molecule has 1 aliphatic heterocycles. The zero-order chi connectivity index (χ0) is 11.3. The molecular weight excluding hydrogens is 249 g/mol. The first-order chi connectivity index (χ1) is 7.14. The van der Waals surface area contributed by atoms with Gasteiger partial charge in [-0.15, -0.1) is 0 Å². The Balaban J connectivity index is 2.70. The molecule has 0 aliphatic carbocycles. The van der Waals surface area contributed by atoms with Crippen molar-refractivity contribution in [2.45, 2.75) is 26.7 Å². The molecule has 3 nitrogen and oxygen atoms in total. The fourth-order valence-corrected chi connectivity index (χ4v) is 8.18. The number of thioether (sulfide) groups is 1. The van der Waals surface area contributed by atoms with Crippen LogP contribution in [-0.2, 0) is 4.57 Å². The Kier molecular flexibility index (Phi) is 5.58. The van der Waals surface area contributed by atoms with Crippen molar-refractivity contribution >= 4 is 34.9 Å². The molecule has 0 N–H and O–H groups in total. The van der Waals surface area contributed by atoms with E-state index >= 15 is 0 Å². The van der Waals surface area contributed by atoms with E-state index in [0.29, 0.717) is 12.7 Å². The van der Waals surface area contributed by atoms with Gasteiger partial charge < -0.3 is 0 Å². The van der Waals surface area contributed by atoms with E-state index in [2.05, 4.69) is 6.92 Å². The maximum Gasteiger partial charge on any atom is 0.287 e. The van der Waals surface area contributed by atoms with Crippen molar-refractivity contribution in [3.63, 3.8) is 0 Å². The van der Waals surface area contributed by atoms with Crippen LogP contribution in [0.5, 0.6) is 0 Å². The van der Waals surface area contributed by atoms with Gasteiger partial charge >= 0.3 is 0 Å². The van der Waals surface area contributed by atoms with Crippen LogP contribution in [0, 0.1) is 0 Å². The third kappa shape index (κ3) is 3.43. The van der Waals surface area contributed by atoms with Crippen LogP contribution in [-0.4, -0.2) is 34.1 Å². The molecular formula is C9H18NO2PS2. The van der Waals surface area contributed by atoms with E-state index in [1.807, 2.05) is 6.92 Å². The van der Waals surface area contributed by atoms with Crippen LogP contribution in [0.4, 0.5) is 4.79 Å². The first-order valence-electron chi connectivity index (χ1n) is 5.32. The molecule has 0 radical (unpaired) electrons. The summed E-state index contributed by atoms with van der Waals surface area (Å²) >= 11 is 2.76. The van der Waals surface area contributed by atoms with Gasteiger partial charge in [0, 0.05) is 18.5 Å². The standard InChI is InChI=1S/C9H18NO2PS2/c1-3-5-7-13(12,15-4-2)10-6-8-14-9(10)11/h3-8H2,1-2H3. The van der Waals surface area contributed by atoms with Crippen molar-refractivity contribution in [2.24, 2.45) is 0 Å². The summed E-state index contributed by atoms with van der Waals surface area (Å²) in [5.74, 6) is 1.61. The Bertz CT molecular complexity index is 273. The summed E-state index contributed by atoms with van der Waals surface area (Å²) in [7, 11) is 0. The van der Waals surface area contributed by atoms with Gasteiger partial charge in [0.15, 0.2) is 0 Å². The first kappa shape index (κ1) is 13.5. The van der Waals surface area contributed by atoms with E-state index in [9.17, 15) is 9.36 Å². The second kappa shape index (κ2) is 6.21. The van der Waals surface area contributed by atoms with Gasteiger partial charge in [-0.1, -0.05) is 43.4 Å².